The molecule has 0 saturated carbocycles. The molecule has 2 heterocycles. The van der Waals surface area contributed by atoms with Crippen molar-refractivity contribution >= 4 is 6.08 Å². The zero-order valence-corrected chi connectivity index (χ0v) is 15.7. The van der Waals surface area contributed by atoms with Gasteiger partial charge in [0, 0.05) is 26.1 Å². The molecule has 0 radical (unpaired) electrons. The van der Waals surface area contributed by atoms with E-state index in [0.717, 1.165) is 48.7 Å². The molecule has 1 atom stereocenters. The lowest BCUT2D eigenvalue weighted by Gasteiger charge is -2.26. The summed E-state index contributed by atoms with van der Waals surface area (Å²) < 4.78 is 15.0. The summed E-state index contributed by atoms with van der Waals surface area (Å²) in [7, 11) is 0. The van der Waals surface area contributed by atoms with Crippen molar-refractivity contribution in [3.8, 4) is 0 Å². The molecule has 4 nitrogen and oxygen atoms in total. The molecule has 1 unspecified atom stereocenters. The Labute approximate surface area is 164 Å². The van der Waals surface area contributed by atoms with E-state index in [1.807, 2.05) is 47.2 Å². The van der Waals surface area contributed by atoms with E-state index in [4.69, 9.17) is 0 Å². The van der Waals surface area contributed by atoms with Crippen LogP contribution in [0.3, 0.4) is 0 Å². The molecule has 0 saturated heterocycles. The molecule has 0 fully saturated rings. The second kappa shape index (κ2) is 8.50. The van der Waals surface area contributed by atoms with Crippen molar-refractivity contribution in [3.63, 3.8) is 0 Å². The fraction of sp³-hybridized carbons (Fsp3) is 0.261. The van der Waals surface area contributed by atoms with Crippen LogP contribution in [0.2, 0.25) is 0 Å². The number of rotatable bonds is 6. The third-order valence-corrected chi connectivity index (χ3v) is 5.05. The summed E-state index contributed by atoms with van der Waals surface area (Å²) in [5.41, 5.74) is 3.97. The van der Waals surface area contributed by atoms with E-state index in [9.17, 15) is 9.50 Å². The second-order valence-corrected chi connectivity index (χ2v) is 7.18. The number of hydrogen-bond acceptors (Lipinski definition) is 3. The fourth-order valence-corrected chi connectivity index (χ4v) is 3.52. The van der Waals surface area contributed by atoms with Crippen molar-refractivity contribution in [2.45, 2.75) is 25.6 Å². The van der Waals surface area contributed by atoms with Crippen LogP contribution in [0.5, 0.6) is 0 Å². The van der Waals surface area contributed by atoms with E-state index >= 15 is 0 Å². The molecule has 28 heavy (non-hydrogen) atoms. The van der Waals surface area contributed by atoms with Gasteiger partial charge in [-0.3, -0.25) is 9.58 Å². The smallest absolute Gasteiger partial charge is 0.123 e. The van der Waals surface area contributed by atoms with E-state index < -0.39 is 6.10 Å². The number of nitrogens with zero attached hydrogens (tertiary/aromatic N) is 3. The van der Waals surface area contributed by atoms with E-state index in [2.05, 4.69) is 16.1 Å². The summed E-state index contributed by atoms with van der Waals surface area (Å²) in [6.45, 7) is 3.36. The Balaban J connectivity index is 1.35. The van der Waals surface area contributed by atoms with Crippen molar-refractivity contribution in [1.82, 2.24) is 14.7 Å². The van der Waals surface area contributed by atoms with Crippen LogP contribution in [0.1, 0.15) is 28.6 Å². The molecule has 4 rings (SSSR count). The summed E-state index contributed by atoms with van der Waals surface area (Å²) in [4.78, 5) is 2.34. The van der Waals surface area contributed by atoms with Crippen molar-refractivity contribution < 1.29 is 9.50 Å². The first-order valence-corrected chi connectivity index (χ1v) is 9.60. The maximum Gasteiger partial charge on any atom is 0.123 e. The molecule has 1 aliphatic rings. The van der Waals surface area contributed by atoms with Crippen LogP contribution in [0.25, 0.3) is 6.08 Å². The maximum atomic E-state index is 13.0. The Hall–Kier alpha value is -2.76. The van der Waals surface area contributed by atoms with Gasteiger partial charge in [0.1, 0.15) is 11.9 Å². The lowest BCUT2D eigenvalue weighted by atomic mass is 10.1. The number of fused-ring (bicyclic) bond motifs is 1. The Morgan fingerprint density at radius 1 is 1.07 bits per heavy atom. The fourth-order valence-electron chi connectivity index (χ4n) is 3.52. The highest BCUT2D eigenvalue weighted by Crippen LogP contribution is 2.21. The average Bonchev–Trinajstić information content (AvgIpc) is 3.14. The number of hydrogen-bond donors (Lipinski definition) is 1. The zero-order valence-electron chi connectivity index (χ0n) is 15.7. The van der Waals surface area contributed by atoms with Gasteiger partial charge in [0.05, 0.1) is 17.9 Å². The van der Waals surface area contributed by atoms with Crippen LogP contribution < -0.4 is 0 Å². The molecular weight excluding hydrogens is 353 g/mol. The second-order valence-electron chi connectivity index (χ2n) is 7.18. The van der Waals surface area contributed by atoms with Crippen molar-refractivity contribution in [1.29, 1.82) is 0 Å². The van der Waals surface area contributed by atoms with Crippen LogP contribution >= 0.6 is 0 Å². The standard InChI is InChI=1S/C23H24FN3O/c24-20-10-8-18(9-11-20)7-4-12-26-13-14-27-21(17-26)16-22(25-27)23(28)15-19-5-2-1-3-6-19/h1-11,16,23,28H,12-15,17H2. The van der Waals surface area contributed by atoms with Crippen molar-refractivity contribution in [2.24, 2.45) is 0 Å². The summed E-state index contributed by atoms with van der Waals surface area (Å²) in [6, 6.07) is 18.5. The van der Waals surface area contributed by atoms with Gasteiger partial charge in [-0.25, -0.2) is 4.39 Å². The summed E-state index contributed by atoms with van der Waals surface area (Å²) in [6.07, 6.45) is 4.10. The van der Waals surface area contributed by atoms with Gasteiger partial charge in [-0.05, 0) is 29.3 Å². The average molecular weight is 377 g/mol. The van der Waals surface area contributed by atoms with Crippen LogP contribution in [-0.2, 0) is 19.5 Å². The highest BCUT2D eigenvalue weighted by atomic mass is 19.1. The van der Waals surface area contributed by atoms with E-state index in [-0.39, 0.29) is 5.82 Å². The quantitative estimate of drug-likeness (QED) is 0.710. The number of halogens is 1. The van der Waals surface area contributed by atoms with Gasteiger partial charge in [-0.1, -0.05) is 54.6 Å². The Morgan fingerprint density at radius 3 is 2.64 bits per heavy atom. The van der Waals surface area contributed by atoms with Gasteiger partial charge in [0.25, 0.3) is 0 Å². The Bertz CT molecular complexity index is 934. The van der Waals surface area contributed by atoms with Crippen molar-refractivity contribution in [2.75, 3.05) is 13.1 Å². The van der Waals surface area contributed by atoms with E-state index in [0.29, 0.717) is 6.42 Å². The molecule has 0 aliphatic carbocycles. The Kier molecular flexibility index (Phi) is 5.65. The van der Waals surface area contributed by atoms with Crippen LogP contribution in [0, 0.1) is 5.82 Å². The number of aromatic nitrogens is 2. The van der Waals surface area contributed by atoms with Gasteiger partial charge in [-0.2, -0.15) is 5.10 Å². The number of benzene rings is 2. The topological polar surface area (TPSA) is 41.3 Å². The molecule has 0 amide bonds. The number of aliphatic hydroxyl groups excluding tert-OH is 1. The lowest BCUT2D eigenvalue weighted by molar-refractivity contribution is 0.171. The lowest BCUT2D eigenvalue weighted by Crippen LogP contribution is -2.33. The highest BCUT2D eigenvalue weighted by molar-refractivity contribution is 5.49. The van der Waals surface area contributed by atoms with Crippen LogP contribution in [0.15, 0.2) is 66.7 Å². The predicted octanol–water partition coefficient (Wildman–Crippen LogP) is 3.83. The molecule has 3 aromatic rings. The SMILES string of the molecule is OC(Cc1ccccc1)c1cc2n(n1)CCN(CC=Cc1ccc(F)cc1)C2. The molecule has 0 bridgehead atoms. The van der Waals surface area contributed by atoms with Crippen molar-refractivity contribution in [3.05, 3.63) is 95.1 Å². The molecule has 2 aromatic carbocycles. The molecule has 5 heteroatoms. The summed E-state index contributed by atoms with van der Waals surface area (Å²) in [5, 5.41) is 15.2. The zero-order chi connectivity index (χ0) is 19.3. The first kappa shape index (κ1) is 18.6. The highest BCUT2D eigenvalue weighted by Gasteiger charge is 2.20. The molecular formula is C23H24FN3O. The minimum atomic E-state index is -0.590. The first-order chi connectivity index (χ1) is 13.7. The van der Waals surface area contributed by atoms with Crippen LogP contribution in [-0.4, -0.2) is 32.9 Å². The van der Waals surface area contributed by atoms with Crippen LogP contribution in [0.4, 0.5) is 4.39 Å². The molecule has 0 spiro atoms. The van der Waals surface area contributed by atoms with Gasteiger partial charge >= 0.3 is 0 Å². The minimum Gasteiger partial charge on any atom is -0.386 e. The minimum absolute atomic E-state index is 0.216. The first-order valence-electron chi connectivity index (χ1n) is 9.60. The van der Waals surface area contributed by atoms with E-state index in [1.54, 1.807) is 12.1 Å². The van der Waals surface area contributed by atoms with Gasteiger partial charge in [-0.15, -0.1) is 0 Å². The maximum absolute atomic E-state index is 13.0. The molecule has 1 aliphatic heterocycles. The third kappa shape index (κ3) is 4.55. The normalized spacial score (nSPS) is 15.6. The Morgan fingerprint density at radius 2 is 1.86 bits per heavy atom. The van der Waals surface area contributed by atoms with Gasteiger partial charge in [0.2, 0.25) is 0 Å². The largest absolute Gasteiger partial charge is 0.386 e. The summed E-state index contributed by atoms with van der Waals surface area (Å²) in [5.74, 6) is -0.216. The van der Waals surface area contributed by atoms with E-state index in [1.165, 1.54) is 12.1 Å². The van der Waals surface area contributed by atoms with Gasteiger partial charge < -0.3 is 5.11 Å². The molecule has 1 aromatic heterocycles. The summed E-state index contributed by atoms with van der Waals surface area (Å²) >= 11 is 0. The monoisotopic (exact) mass is 377 g/mol. The van der Waals surface area contributed by atoms with Gasteiger partial charge in [0.15, 0.2) is 0 Å². The molecule has 1 N–H and O–H groups in total. The third-order valence-electron chi connectivity index (χ3n) is 5.05. The molecule has 144 valence electrons. The number of aliphatic hydroxyl groups is 1. The predicted molar refractivity (Wildman–Crippen MR) is 108 cm³/mol.